The first kappa shape index (κ1) is 20.5. The number of hydrogen-bond acceptors (Lipinski definition) is 4. The quantitative estimate of drug-likeness (QED) is 0.486. The number of carbonyl (C=O) groups excluding carboxylic acids is 2. The fourth-order valence-corrected chi connectivity index (χ4v) is 3.30. The fraction of sp³-hybridized carbons (Fsp3) is 0.250. The van der Waals surface area contributed by atoms with Crippen molar-refractivity contribution in [3.63, 3.8) is 0 Å². The van der Waals surface area contributed by atoms with E-state index in [1.54, 1.807) is 6.20 Å². The first-order valence-corrected chi connectivity index (χ1v) is 10.3. The van der Waals surface area contributed by atoms with Crippen molar-refractivity contribution in [1.82, 2.24) is 20.5 Å². The van der Waals surface area contributed by atoms with Crippen LogP contribution < -0.4 is 10.6 Å². The molecule has 0 saturated heterocycles. The van der Waals surface area contributed by atoms with Crippen molar-refractivity contribution in [2.75, 3.05) is 5.32 Å². The van der Waals surface area contributed by atoms with Gasteiger partial charge in [0.25, 0.3) is 0 Å². The number of carbonyl (C=O) groups is 2. The van der Waals surface area contributed by atoms with E-state index in [-0.39, 0.29) is 17.7 Å². The van der Waals surface area contributed by atoms with Gasteiger partial charge in [-0.3, -0.25) is 19.7 Å². The van der Waals surface area contributed by atoms with Crippen LogP contribution in [-0.4, -0.2) is 27.0 Å². The lowest BCUT2D eigenvalue weighted by Gasteiger charge is -2.12. The van der Waals surface area contributed by atoms with E-state index in [4.69, 9.17) is 0 Å². The van der Waals surface area contributed by atoms with Crippen molar-refractivity contribution in [1.29, 1.82) is 0 Å². The highest BCUT2D eigenvalue weighted by atomic mass is 16.2. The molecule has 4 rings (SSSR count). The molecular formula is C24H25N5O2. The van der Waals surface area contributed by atoms with Crippen molar-refractivity contribution in [2.45, 2.75) is 38.1 Å². The third-order valence-electron chi connectivity index (χ3n) is 5.46. The Morgan fingerprint density at radius 1 is 1.19 bits per heavy atom. The number of hydrogen-bond donors (Lipinski definition) is 3. The van der Waals surface area contributed by atoms with Crippen LogP contribution in [0.5, 0.6) is 0 Å². The second-order valence-corrected chi connectivity index (χ2v) is 7.78. The zero-order chi connectivity index (χ0) is 21.8. The molecule has 3 N–H and O–H groups in total. The lowest BCUT2D eigenvalue weighted by molar-refractivity contribution is -0.117. The molecule has 0 radical (unpaired) electrons. The molecule has 1 aliphatic rings. The summed E-state index contributed by atoms with van der Waals surface area (Å²) in [5.41, 5.74) is 4.76. The maximum atomic E-state index is 12.6. The topological polar surface area (TPSA) is 99.8 Å². The summed E-state index contributed by atoms with van der Waals surface area (Å²) in [5.74, 6) is 0.525. The lowest BCUT2D eigenvalue weighted by atomic mass is 9.97. The molecule has 1 aromatic carbocycles. The molecule has 0 spiro atoms. The van der Waals surface area contributed by atoms with Crippen LogP contribution in [0.1, 0.15) is 48.6 Å². The number of benzene rings is 1. The summed E-state index contributed by atoms with van der Waals surface area (Å²) in [4.78, 5) is 28.3. The van der Waals surface area contributed by atoms with Gasteiger partial charge in [-0.15, -0.1) is 0 Å². The van der Waals surface area contributed by atoms with Crippen LogP contribution in [0.3, 0.4) is 0 Å². The molecule has 7 nitrogen and oxygen atoms in total. The molecule has 0 bridgehead atoms. The largest absolute Gasteiger partial charge is 0.347 e. The van der Waals surface area contributed by atoms with Gasteiger partial charge in [-0.05, 0) is 43.0 Å². The van der Waals surface area contributed by atoms with Crippen LogP contribution in [0, 0.1) is 0 Å². The number of aromatic amines is 1. The van der Waals surface area contributed by atoms with Gasteiger partial charge in [0.1, 0.15) is 0 Å². The number of pyridine rings is 1. The summed E-state index contributed by atoms with van der Waals surface area (Å²) < 4.78 is 0. The van der Waals surface area contributed by atoms with E-state index in [2.05, 4.69) is 32.4 Å². The van der Waals surface area contributed by atoms with Crippen LogP contribution in [0.4, 0.5) is 5.82 Å². The summed E-state index contributed by atoms with van der Waals surface area (Å²) in [7, 11) is 0. The van der Waals surface area contributed by atoms with Crippen LogP contribution >= 0.6 is 0 Å². The normalized spacial score (nSPS) is 14.0. The summed E-state index contributed by atoms with van der Waals surface area (Å²) in [5, 5.41) is 12.8. The Labute approximate surface area is 181 Å². The second-order valence-electron chi connectivity index (χ2n) is 7.78. The molecule has 1 aliphatic carbocycles. The molecular weight excluding hydrogens is 390 g/mol. The third-order valence-corrected chi connectivity index (χ3v) is 5.46. The molecule has 158 valence electrons. The van der Waals surface area contributed by atoms with Crippen molar-refractivity contribution >= 4 is 17.6 Å². The predicted molar refractivity (Wildman–Crippen MR) is 119 cm³/mol. The Morgan fingerprint density at radius 3 is 2.58 bits per heavy atom. The Balaban J connectivity index is 1.36. The standard InChI is InChI=1S/C24H25N5O2/c1-3-23(30)26-14-20-11-10-19(13-25-20)17-6-4-16(5-7-17)15(2)24(31)27-22-12-21(28-29-22)18-8-9-18/h3-7,10-13,15,18H,1,8-9,14H2,2H3,(H,26,30)(H2,27,28,29,31). The maximum absolute atomic E-state index is 12.6. The summed E-state index contributed by atoms with van der Waals surface area (Å²) in [6.07, 6.45) is 5.37. The van der Waals surface area contributed by atoms with E-state index in [0.717, 1.165) is 28.1 Å². The number of amides is 2. The van der Waals surface area contributed by atoms with Crippen molar-refractivity contribution in [3.8, 4) is 11.1 Å². The third kappa shape index (κ3) is 5.06. The Hall–Kier alpha value is -3.74. The number of nitrogens with one attached hydrogen (secondary N) is 3. The number of aromatic nitrogens is 3. The van der Waals surface area contributed by atoms with Crippen molar-refractivity contribution in [3.05, 3.63) is 78.3 Å². The number of rotatable bonds is 8. The molecule has 2 aromatic heterocycles. The Morgan fingerprint density at radius 2 is 1.94 bits per heavy atom. The lowest BCUT2D eigenvalue weighted by Crippen LogP contribution is -2.20. The van der Waals surface area contributed by atoms with Crippen LogP contribution in [0.2, 0.25) is 0 Å². The van der Waals surface area contributed by atoms with E-state index >= 15 is 0 Å². The van der Waals surface area contributed by atoms with Crippen LogP contribution in [0.25, 0.3) is 11.1 Å². The van der Waals surface area contributed by atoms with Gasteiger partial charge in [0, 0.05) is 29.4 Å². The Bertz CT molecular complexity index is 1080. The van der Waals surface area contributed by atoms with Gasteiger partial charge in [0.05, 0.1) is 18.2 Å². The Kier molecular flexibility index (Phi) is 5.93. The summed E-state index contributed by atoms with van der Waals surface area (Å²) in [6, 6.07) is 13.6. The van der Waals surface area contributed by atoms with Crippen LogP contribution in [0.15, 0.2) is 61.3 Å². The SMILES string of the molecule is C=CC(=O)NCc1ccc(-c2ccc(C(C)C(=O)Nc3cc(C4CC4)[nH]n3)cc2)cn1. The van der Waals surface area contributed by atoms with E-state index < -0.39 is 0 Å². The van der Waals surface area contributed by atoms with E-state index in [0.29, 0.717) is 18.3 Å². The minimum atomic E-state index is -0.302. The molecule has 1 atom stereocenters. The van der Waals surface area contributed by atoms with E-state index in [9.17, 15) is 9.59 Å². The maximum Gasteiger partial charge on any atom is 0.243 e. The molecule has 1 fully saturated rings. The summed E-state index contributed by atoms with van der Waals surface area (Å²) >= 11 is 0. The first-order chi connectivity index (χ1) is 15.0. The molecule has 1 unspecified atom stereocenters. The predicted octanol–water partition coefficient (Wildman–Crippen LogP) is 3.89. The van der Waals surface area contributed by atoms with E-state index in [1.165, 1.54) is 18.9 Å². The van der Waals surface area contributed by atoms with Gasteiger partial charge in [-0.2, -0.15) is 5.10 Å². The first-order valence-electron chi connectivity index (χ1n) is 10.3. The molecule has 1 saturated carbocycles. The minimum Gasteiger partial charge on any atom is -0.347 e. The van der Waals surface area contributed by atoms with Gasteiger partial charge in [0.15, 0.2) is 5.82 Å². The van der Waals surface area contributed by atoms with Gasteiger partial charge in [0.2, 0.25) is 11.8 Å². The van der Waals surface area contributed by atoms with Gasteiger partial charge in [-0.25, -0.2) is 0 Å². The number of anilines is 1. The van der Waals surface area contributed by atoms with Crippen molar-refractivity contribution in [2.24, 2.45) is 0 Å². The van der Waals surface area contributed by atoms with Gasteiger partial charge in [-0.1, -0.05) is 36.9 Å². The average Bonchev–Trinajstić information content (AvgIpc) is 3.56. The van der Waals surface area contributed by atoms with Crippen LogP contribution in [-0.2, 0) is 16.1 Å². The highest BCUT2D eigenvalue weighted by molar-refractivity contribution is 5.95. The van der Waals surface area contributed by atoms with Gasteiger partial charge < -0.3 is 10.6 Å². The van der Waals surface area contributed by atoms with Gasteiger partial charge >= 0.3 is 0 Å². The fourth-order valence-electron chi connectivity index (χ4n) is 3.30. The zero-order valence-corrected chi connectivity index (χ0v) is 17.4. The monoisotopic (exact) mass is 415 g/mol. The molecule has 2 amide bonds. The smallest absolute Gasteiger partial charge is 0.243 e. The molecule has 31 heavy (non-hydrogen) atoms. The molecule has 2 heterocycles. The molecule has 0 aliphatic heterocycles. The number of H-pyrrole nitrogens is 1. The molecule has 7 heteroatoms. The highest BCUT2D eigenvalue weighted by Crippen LogP contribution is 2.39. The molecule has 3 aromatic rings. The second kappa shape index (κ2) is 8.95. The van der Waals surface area contributed by atoms with Crippen molar-refractivity contribution < 1.29 is 9.59 Å². The number of nitrogens with zero attached hydrogens (tertiary/aromatic N) is 2. The zero-order valence-electron chi connectivity index (χ0n) is 17.4. The average molecular weight is 415 g/mol. The highest BCUT2D eigenvalue weighted by Gasteiger charge is 2.26. The minimum absolute atomic E-state index is 0.0887. The van der Waals surface area contributed by atoms with E-state index in [1.807, 2.05) is 49.4 Å². The summed E-state index contributed by atoms with van der Waals surface area (Å²) in [6.45, 7) is 5.66.